The van der Waals surface area contributed by atoms with Gasteiger partial charge in [0.15, 0.2) is 0 Å². The van der Waals surface area contributed by atoms with Gasteiger partial charge in [-0.25, -0.2) is 0 Å². The Morgan fingerprint density at radius 3 is 2.73 bits per heavy atom. The highest BCUT2D eigenvalue weighted by atomic mass is 16.2. The quantitative estimate of drug-likeness (QED) is 0.826. The van der Waals surface area contributed by atoms with Crippen LogP contribution in [0.2, 0.25) is 0 Å². The van der Waals surface area contributed by atoms with Crippen molar-refractivity contribution in [1.29, 1.82) is 0 Å². The minimum atomic E-state index is -0.546. The van der Waals surface area contributed by atoms with Gasteiger partial charge in [-0.1, -0.05) is 12.1 Å². The molecule has 1 fully saturated rings. The minimum absolute atomic E-state index is 0.124. The molecule has 1 atom stereocenters. The zero-order valence-corrected chi connectivity index (χ0v) is 12.8. The Kier molecular flexibility index (Phi) is 3.70. The van der Waals surface area contributed by atoms with Crippen LogP contribution in [0.1, 0.15) is 34.3 Å². The topological polar surface area (TPSA) is 69.7 Å². The van der Waals surface area contributed by atoms with E-state index in [-0.39, 0.29) is 24.1 Å². The monoisotopic (exact) mass is 301 g/mol. The van der Waals surface area contributed by atoms with Gasteiger partial charge in [-0.15, -0.1) is 0 Å². The van der Waals surface area contributed by atoms with Crippen LogP contribution in [0.3, 0.4) is 0 Å². The first-order chi connectivity index (χ1) is 10.5. The number of nitrogens with one attached hydrogen (secondary N) is 1. The Balaban J connectivity index is 1.81. The summed E-state index contributed by atoms with van der Waals surface area (Å²) in [7, 11) is 3.99. The molecule has 6 heteroatoms. The first-order valence-corrected chi connectivity index (χ1v) is 7.37. The van der Waals surface area contributed by atoms with Gasteiger partial charge < -0.3 is 9.80 Å². The van der Waals surface area contributed by atoms with Crippen LogP contribution < -0.4 is 5.32 Å². The van der Waals surface area contributed by atoms with Gasteiger partial charge in [-0.05, 0) is 37.7 Å². The Hall–Kier alpha value is -2.21. The molecule has 1 aromatic carbocycles. The first-order valence-electron chi connectivity index (χ1n) is 7.37. The lowest BCUT2D eigenvalue weighted by atomic mass is 10.0. The molecular weight excluding hydrogens is 282 g/mol. The Morgan fingerprint density at radius 2 is 2.05 bits per heavy atom. The summed E-state index contributed by atoms with van der Waals surface area (Å²) < 4.78 is 0. The summed E-state index contributed by atoms with van der Waals surface area (Å²) in [5.74, 6) is -0.759. The zero-order valence-electron chi connectivity index (χ0n) is 12.8. The molecule has 22 heavy (non-hydrogen) atoms. The summed E-state index contributed by atoms with van der Waals surface area (Å²) >= 11 is 0. The van der Waals surface area contributed by atoms with Crippen molar-refractivity contribution in [2.24, 2.45) is 0 Å². The highest BCUT2D eigenvalue weighted by molar-refractivity contribution is 6.05. The van der Waals surface area contributed by atoms with Crippen molar-refractivity contribution in [2.45, 2.75) is 32.0 Å². The fraction of sp³-hybridized carbons (Fsp3) is 0.438. The predicted octanol–water partition coefficient (Wildman–Crippen LogP) is 0.509. The first kappa shape index (κ1) is 14.7. The maximum atomic E-state index is 12.5. The molecule has 0 saturated carbocycles. The van der Waals surface area contributed by atoms with Crippen molar-refractivity contribution in [3.8, 4) is 0 Å². The van der Waals surface area contributed by atoms with E-state index in [0.29, 0.717) is 18.5 Å². The number of rotatable bonds is 3. The molecule has 2 aliphatic heterocycles. The lowest BCUT2D eigenvalue weighted by Crippen LogP contribution is -2.52. The summed E-state index contributed by atoms with van der Waals surface area (Å²) in [6.07, 6.45) is 0.678. The summed E-state index contributed by atoms with van der Waals surface area (Å²) in [5, 5.41) is 2.31. The summed E-state index contributed by atoms with van der Waals surface area (Å²) in [6.45, 7) is 1.24. The highest BCUT2D eigenvalue weighted by Crippen LogP contribution is 2.28. The molecule has 1 unspecified atom stereocenters. The molecular formula is C16H19N3O3. The van der Waals surface area contributed by atoms with Gasteiger partial charge in [-0.3, -0.25) is 19.7 Å². The van der Waals surface area contributed by atoms with Crippen LogP contribution in [0.4, 0.5) is 0 Å². The molecule has 0 radical (unpaired) electrons. The zero-order chi connectivity index (χ0) is 15.9. The van der Waals surface area contributed by atoms with E-state index in [2.05, 4.69) is 10.2 Å². The third kappa shape index (κ3) is 2.62. The molecule has 1 N–H and O–H groups in total. The molecule has 1 aromatic rings. The van der Waals surface area contributed by atoms with Gasteiger partial charge in [0, 0.05) is 25.1 Å². The van der Waals surface area contributed by atoms with E-state index in [0.717, 1.165) is 17.7 Å². The van der Waals surface area contributed by atoms with Crippen molar-refractivity contribution < 1.29 is 14.4 Å². The number of hydrogen-bond donors (Lipinski definition) is 1. The van der Waals surface area contributed by atoms with Gasteiger partial charge >= 0.3 is 0 Å². The molecule has 116 valence electrons. The minimum Gasteiger partial charge on any atom is -0.322 e. The lowest BCUT2D eigenvalue weighted by molar-refractivity contribution is -0.136. The van der Waals surface area contributed by atoms with Crippen molar-refractivity contribution in [3.63, 3.8) is 0 Å². The molecule has 3 rings (SSSR count). The molecule has 3 amide bonds. The molecule has 0 bridgehead atoms. The lowest BCUT2D eigenvalue weighted by Gasteiger charge is -2.29. The molecule has 0 aromatic heterocycles. The second-order valence-corrected chi connectivity index (χ2v) is 6.13. The maximum absolute atomic E-state index is 12.5. The van der Waals surface area contributed by atoms with E-state index in [9.17, 15) is 14.4 Å². The van der Waals surface area contributed by atoms with Crippen LogP contribution >= 0.6 is 0 Å². The average molecular weight is 301 g/mol. The smallest absolute Gasteiger partial charge is 0.255 e. The maximum Gasteiger partial charge on any atom is 0.255 e. The molecule has 2 heterocycles. The number of imide groups is 1. The number of fused-ring (bicyclic) bond motifs is 1. The number of carbonyl (C=O) groups is 3. The predicted molar refractivity (Wildman–Crippen MR) is 79.9 cm³/mol. The summed E-state index contributed by atoms with van der Waals surface area (Å²) in [4.78, 5) is 39.4. The van der Waals surface area contributed by atoms with Crippen molar-refractivity contribution in [2.75, 3.05) is 14.1 Å². The molecule has 2 aliphatic rings. The van der Waals surface area contributed by atoms with E-state index in [1.807, 2.05) is 32.3 Å². The van der Waals surface area contributed by atoms with Crippen LogP contribution in [0.5, 0.6) is 0 Å². The van der Waals surface area contributed by atoms with Crippen LogP contribution in [0, 0.1) is 0 Å². The van der Waals surface area contributed by atoms with Crippen molar-refractivity contribution in [3.05, 3.63) is 34.9 Å². The number of carbonyl (C=O) groups excluding carboxylic acids is 3. The van der Waals surface area contributed by atoms with Crippen LogP contribution in [0.15, 0.2) is 18.2 Å². The SMILES string of the molecule is CN(C)Cc1ccc2c(c1)CN(C1CCC(=O)NC1=O)C2=O. The van der Waals surface area contributed by atoms with Crippen LogP contribution in [-0.4, -0.2) is 47.7 Å². The number of amides is 3. The highest BCUT2D eigenvalue weighted by Gasteiger charge is 2.38. The second kappa shape index (κ2) is 5.53. The van der Waals surface area contributed by atoms with E-state index in [1.165, 1.54) is 0 Å². The van der Waals surface area contributed by atoms with Gasteiger partial charge in [0.2, 0.25) is 11.8 Å². The summed E-state index contributed by atoms with van der Waals surface area (Å²) in [5.41, 5.74) is 2.75. The number of piperidine rings is 1. The molecule has 6 nitrogen and oxygen atoms in total. The third-order valence-corrected chi connectivity index (χ3v) is 4.09. The van der Waals surface area contributed by atoms with Crippen molar-refractivity contribution in [1.82, 2.24) is 15.1 Å². The normalized spacial score (nSPS) is 21.3. The van der Waals surface area contributed by atoms with Gasteiger partial charge in [0.1, 0.15) is 6.04 Å². The fourth-order valence-electron chi connectivity index (χ4n) is 3.09. The Bertz CT molecular complexity index is 654. The fourth-order valence-corrected chi connectivity index (χ4v) is 3.09. The van der Waals surface area contributed by atoms with Gasteiger partial charge in [0.05, 0.1) is 0 Å². The second-order valence-electron chi connectivity index (χ2n) is 6.13. The van der Waals surface area contributed by atoms with E-state index in [4.69, 9.17) is 0 Å². The van der Waals surface area contributed by atoms with Gasteiger partial charge in [-0.2, -0.15) is 0 Å². The Morgan fingerprint density at radius 1 is 1.27 bits per heavy atom. The van der Waals surface area contributed by atoms with Crippen molar-refractivity contribution >= 4 is 17.7 Å². The number of hydrogen-bond acceptors (Lipinski definition) is 4. The molecule has 0 aliphatic carbocycles. The van der Waals surface area contributed by atoms with E-state index >= 15 is 0 Å². The largest absolute Gasteiger partial charge is 0.322 e. The van der Waals surface area contributed by atoms with Gasteiger partial charge in [0.25, 0.3) is 5.91 Å². The molecule has 1 saturated heterocycles. The third-order valence-electron chi connectivity index (χ3n) is 4.09. The summed E-state index contributed by atoms with van der Waals surface area (Å²) in [6, 6.07) is 5.27. The molecule has 0 spiro atoms. The average Bonchev–Trinajstić information content (AvgIpc) is 2.75. The number of benzene rings is 1. The van der Waals surface area contributed by atoms with Crippen LogP contribution in [0.25, 0.3) is 0 Å². The van der Waals surface area contributed by atoms with Crippen LogP contribution in [-0.2, 0) is 22.7 Å². The number of nitrogens with zero attached hydrogens (tertiary/aromatic N) is 2. The standard InChI is InChI=1S/C16H19N3O3/c1-18(2)8-10-3-4-12-11(7-10)9-19(16(12)22)13-5-6-14(20)17-15(13)21/h3-4,7,13H,5-6,8-9H2,1-2H3,(H,17,20,21). The Labute approximate surface area is 129 Å². The van der Waals surface area contributed by atoms with E-state index < -0.39 is 6.04 Å². The van der Waals surface area contributed by atoms with E-state index in [1.54, 1.807) is 4.90 Å².